The fourth-order valence-electron chi connectivity index (χ4n) is 2.24. The molecule has 0 bridgehead atoms. The van der Waals surface area contributed by atoms with Crippen molar-refractivity contribution in [3.63, 3.8) is 0 Å². The van der Waals surface area contributed by atoms with E-state index in [0.717, 1.165) is 12.0 Å². The molecule has 1 rings (SSSR count). The maximum atomic E-state index is 12.2. The molecule has 0 aromatic heterocycles. The van der Waals surface area contributed by atoms with Gasteiger partial charge in [0.05, 0.1) is 6.61 Å². The van der Waals surface area contributed by atoms with E-state index in [0.29, 0.717) is 24.6 Å². The maximum Gasteiger partial charge on any atom is 0.407 e. The normalized spacial score (nSPS) is 11.9. The molecular weight excluding hydrogens is 280 g/mol. The Labute approximate surface area is 132 Å². The molecule has 122 valence electrons. The van der Waals surface area contributed by atoms with Crippen molar-refractivity contribution in [1.29, 1.82) is 0 Å². The number of alkyl carbamates (subject to hydrolysis) is 1. The molecule has 1 atom stereocenters. The molecule has 1 aromatic rings. The van der Waals surface area contributed by atoms with Gasteiger partial charge in [-0.25, -0.2) is 4.79 Å². The Kier molecular flexibility index (Phi) is 7.43. The first-order valence-electron chi connectivity index (χ1n) is 7.71. The first-order valence-corrected chi connectivity index (χ1v) is 7.71. The Morgan fingerprint density at radius 2 is 1.91 bits per heavy atom. The van der Waals surface area contributed by atoms with Crippen molar-refractivity contribution in [3.8, 4) is 0 Å². The van der Waals surface area contributed by atoms with Crippen LogP contribution in [0.4, 0.5) is 4.79 Å². The average Bonchev–Trinajstić information content (AvgIpc) is 2.44. The summed E-state index contributed by atoms with van der Waals surface area (Å²) in [5.74, 6) is 0.278. The number of carbonyl (C=O) groups excluding carboxylic acids is 2. The summed E-state index contributed by atoms with van der Waals surface area (Å²) < 4.78 is 4.90. The number of benzene rings is 1. The Morgan fingerprint density at radius 3 is 2.50 bits per heavy atom. The highest BCUT2D eigenvalue weighted by Gasteiger charge is 2.16. The Morgan fingerprint density at radius 1 is 1.23 bits per heavy atom. The lowest BCUT2D eigenvalue weighted by atomic mass is 10.0. The van der Waals surface area contributed by atoms with Crippen molar-refractivity contribution in [1.82, 2.24) is 10.6 Å². The van der Waals surface area contributed by atoms with Gasteiger partial charge in [0.15, 0.2) is 0 Å². The summed E-state index contributed by atoms with van der Waals surface area (Å²) in [6.45, 7) is 8.51. The lowest BCUT2D eigenvalue weighted by Gasteiger charge is -2.21. The zero-order valence-corrected chi connectivity index (χ0v) is 13.8. The third-order valence-corrected chi connectivity index (χ3v) is 3.25. The minimum absolute atomic E-state index is 0.127. The topological polar surface area (TPSA) is 67.4 Å². The lowest BCUT2D eigenvalue weighted by molar-refractivity contribution is 0.0944. The third-order valence-electron chi connectivity index (χ3n) is 3.25. The first-order chi connectivity index (χ1) is 10.4. The molecule has 0 aliphatic heterocycles. The SMILES string of the molecule is CCOC(=O)N[C@H](CNC(=O)c1ccccc1C)CC(C)C. The molecule has 0 fully saturated rings. The van der Waals surface area contributed by atoms with E-state index in [1.165, 1.54) is 0 Å². The minimum atomic E-state index is -0.446. The smallest absolute Gasteiger partial charge is 0.407 e. The third kappa shape index (κ3) is 6.16. The summed E-state index contributed by atoms with van der Waals surface area (Å²) >= 11 is 0. The second-order valence-electron chi connectivity index (χ2n) is 5.72. The average molecular weight is 306 g/mol. The van der Waals surface area contributed by atoms with Gasteiger partial charge in [-0.15, -0.1) is 0 Å². The summed E-state index contributed by atoms with van der Waals surface area (Å²) in [5.41, 5.74) is 1.58. The van der Waals surface area contributed by atoms with E-state index in [2.05, 4.69) is 24.5 Å². The van der Waals surface area contributed by atoms with Crippen molar-refractivity contribution < 1.29 is 14.3 Å². The van der Waals surface area contributed by atoms with E-state index in [4.69, 9.17) is 4.74 Å². The molecule has 22 heavy (non-hydrogen) atoms. The minimum Gasteiger partial charge on any atom is -0.450 e. The summed E-state index contributed by atoms with van der Waals surface area (Å²) in [6, 6.07) is 7.28. The highest BCUT2D eigenvalue weighted by Crippen LogP contribution is 2.08. The van der Waals surface area contributed by atoms with Crippen LogP contribution in [0.15, 0.2) is 24.3 Å². The van der Waals surface area contributed by atoms with Gasteiger partial charge in [-0.05, 0) is 37.8 Å². The number of nitrogens with one attached hydrogen (secondary N) is 2. The van der Waals surface area contributed by atoms with E-state index in [-0.39, 0.29) is 11.9 Å². The van der Waals surface area contributed by atoms with E-state index >= 15 is 0 Å². The summed E-state index contributed by atoms with van der Waals surface area (Å²) in [5, 5.41) is 5.68. The number of rotatable bonds is 7. The second-order valence-corrected chi connectivity index (χ2v) is 5.72. The summed E-state index contributed by atoms with van der Waals surface area (Å²) in [7, 11) is 0. The first kappa shape index (κ1) is 18.0. The molecule has 1 aromatic carbocycles. The van der Waals surface area contributed by atoms with Gasteiger partial charge in [0.1, 0.15) is 0 Å². The van der Waals surface area contributed by atoms with E-state index < -0.39 is 6.09 Å². The van der Waals surface area contributed by atoms with Crippen LogP contribution in [-0.2, 0) is 4.74 Å². The largest absolute Gasteiger partial charge is 0.450 e. The molecule has 0 spiro atoms. The van der Waals surface area contributed by atoms with Crippen molar-refractivity contribution in [3.05, 3.63) is 35.4 Å². The van der Waals surface area contributed by atoms with Gasteiger partial charge >= 0.3 is 6.09 Å². The fraction of sp³-hybridized carbons (Fsp3) is 0.529. The van der Waals surface area contributed by atoms with Crippen LogP contribution in [0.25, 0.3) is 0 Å². The van der Waals surface area contributed by atoms with Gasteiger partial charge in [-0.1, -0.05) is 32.0 Å². The van der Waals surface area contributed by atoms with Gasteiger partial charge in [0.2, 0.25) is 0 Å². The predicted octanol–water partition coefficient (Wildman–Crippen LogP) is 2.89. The van der Waals surface area contributed by atoms with Crippen LogP contribution in [0.3, 0.4) is 0 Å². The number of aryl methyl sites for hydroxylation is 1. The van der Waals surface area contributed by atoms with Crippen LogP contribution < -0.4 is 10.6 Å². The molecule has 0 saturated carbocycles. The molecule has 2 amide bonds. The molecule has 0 unspecified atom stereocenters. The van der Waals surface area contributed by atoms with Crippen LogP contribution in [-0.4, -0.2) is 31.2 Å². The highest BCUT2D eigenvalue weighted by molar-refractivity contribution is 5.95. The van der Waals surface area contributed by atoms with Gasteiger partial charge in [-0.3, -0.25) is 4.79 Å². The number of hydrogen-bond donors (Lipinski definition) is 2. The number of carbonyl (C=O) groups is 2. The highest BCUT2D eigenvalue weighted by atomic mass is 16.5. The van der Waals surface area contributed by atoms with E-state index in [9.17, 15) is 9.59 Å². The molecule has 5 nitrogen and oxygen atoms in total. The van der Waals surface area contributed by atoms with E-state index in [1.54, 1.807) is 13.0 Å². The lowest BCUT2D eigenvalue weighted by Crippen LogP contribution is -2.44. The molecule has 0 saturated heterocycles. The molecule has 0 radical (unpaired) electrons. The number of amides is 2. The molecule has 0 aliphatic carbocycles. The van der Waals surface area contributed by atoms with Crippen LogP contribution in [0.2, 0.25) is 0 Å². The summed E-state index contributed by atoms with van der Waals surface area (Å²) in [6.07, 6.45) is 0.325. The standard InChI is InChI=1S/C17H26N2O3/c1-5-22-17(21)19-14(10-12(2)3)11-18-16(20)15-9-7-6-8-13(15)4/h6-9,12,14H,5,10-11H2,1-4H3,(H,18,20)(H,19,21)/t14-/m0/s1. The Balaban J connectivity index is 2.60. The summed E-state index contributed by atoms with van der Waals surface area (Å²) in [4.78, 5) is 23.8. The number of ether oxygens (including phenoxy) is 1. The molecule has 5 heteroatoms. The zero-order chi connectivity index (χ0) is 16.5. The zero-order valence-electron chi connectivity index (χ0n) is 13.8. The van der Waals surface area contributed by atoms with Gasteiger partial charge in [0, 0.05) is 18.2 Å². The predicted molar refractivity (Wildman–Crippen MR) is 86.9 cm³/mol. The van der Waals surface area contributed by atoms with Crippen molar-refractivity contribution in [2.75, 3.05) is 13.2 Å². The molecular formula is C17H26N2O3. The van der Waals surface area contributed by atoms with Crippen LogP contribution in [0.1, 0.15) is 43.1 Å². The van der Waals surface area contributed by atoms with Crippen molar-refractivity contribution in [2.45, 2.75) is 40.2 Å². The van der Waals surface area contributed by atoms with Gasteiger partial charge in [0.25, 0.3) is 5.91 Å². The second kappa shape index (κ2) is 9.07. The quantitative estimate of drug-likeness (QED) is 0.814. The Hall–Kier alpha value is -2.04. The number of hydrogen-bond acceptors (Lipinski definition) is 3. The maximum absolute atomic E-state index is 12.2. The monoisotopic (exact) mass is 306 g/mol. The van der Waals surface area contributed by atoms with Crippen LogP contribution >= 0.6 is 0 Å². The van der Waals surface area contributed by atoms with Gasteiger partial charge < -0.3 is 15.4 Å². The van der Waals surface area contributed by atoms with Gasteiger partial charge in [-0.2, -0.15) is 0 Å². The fourth-order valence-corrected chi connectivity index (χ4v) is 2.24. The van der Waals surface area contributed by atoms with Crippen molar-refractivity contribution >= 4 is 12.0 Å². The molecule has 2 N–H and O–H groups in total. The van der Waals surface area contributed by atoms with E-state index in [1.807, 2.05) is 25.1 Å². The van der Waals surface area contributed by atoms with Crippen molar-refractivity contribution in [2.24, 2.45) is 5.92 Å². The van der Waals surface area contributed by atoms with Crippen LogP contribution in [0, 0.1) is 12.8 Å². The molecule has 0 aliphatic rings. The van der Waals surface area contributed by atoms with Crippen LogP contribution in [0.5, 0.6) is 0 Å². The molecule has 0 heterocycles. The Bertz CT molecular complexity index is 500.